The first kappa shape index (κ1) is 17.7. The number of hydrogen-bond acceptors (Lipinski definition) is 5. The molecule has 0 aliphatic rings. The molecule has 0 bridgehead atoms. The molecule has 0 fully saturated rings. The predicted octanol–water partition coefficient (Wildman–Crippen LogP) is 5.14. The number of aryl methyl sites for hydroxylation is 1. The maximum Gasteiger partial charge on any atom is 0.337 e. The van der Waals surface area contributed by atoms with Crippen molar-refractivity contribution in [2.24, 2.45) is 0 Å². The second kappa shape index (κ2) is 7.48. The van der Waals surface area contributed by atoms with Crippen molar-refractivity contribution in [1.82, 2.24) is 9.97 Å². The zero-order valence-corrected chi connectivity index (χ0v) is 15.6. The van der Waals surface area contributed by atoms with Gasteiger partial charge in [0.05, 0.1) is 18.4 Å². The zero-order valence-electron chi connectivity index (χ0n) is 15.6. The molecule has 0 saturated heterocycles. The van der Waals surface area contributed by atoms with Crippen LogP contribution in [0.5, 0.6) is 0 Å². The van der Waals surface area contributed by atoms with Crippen LogP contribution in [0.1, 0.15) is 16.1 Å². The van der Waals surface area contributed by atoms with E-state index in [0.29, 0.717) is 11.2 Å². The molecule has 138 valence electrons. The van der Waals surface area contributed by atoms with Crippen LogP contribution in [0.25, 0.3) is 22.2 Å². The van der Waals surface area contributed by atoms with Crippen LogP contribution >= 0.6 is 0 Å². The molecule has 0 aliphatic heterocycles. The summed E-state index contributed by atoms with van der Waals surface area (Å²) < 4.78 is 4.88. The first-order chi connectivity index (χ1) is 13.7. The van der Waals surface area contributed by atoms with E-state index >= 15 is 0 Å². The van der Waals surface area contributed by atoms with E-state index in [0.717, 1.165) is 33.6 Å². The summed E-state index contributed by atoms with van der Waals surface area (Å²) in [7, 11) is 1.38. The van der Waals surface area contributed by atoms with E-state index in [9.17, 15) is 4.79 Å². The lowest BCUT2D eigenvalue weighted by molar-refractivity contribution is 0.0601. The molecule has 2 aromatic heterocycles. The number of pyridine rings is 2. The maximum absolute atomic E-state index is 12.0. The highest BCUT2D eigenvalue weighted by Gasteiger charge is 2.13. The van der Waals surface area contributed by atoms with Crippen molar-refractivity contribution in [1.29, 1.82) is 0 Å². The standard InChI is InChI=1S/C23H19N3O2/c1-15-8-10-19-20(12-13-24-22(19)25-15)26-21-14-17(23(27)28-2)9-11-18(21)16-6-4-3-5-7-16/h3-14H,1-2H3,(H,24,25,26). The topological polar surface area (TPSA) is 64.1 Å². The SMILES string of the molecule is COC(=O)c1ccc(-c2ccccc2)c(Nc2ccnc3nc(C)ccc23)c1. The number of esters is 1. The Labute approximate surface area is 163 Å². The van der Waals surface area contributed by atoms with Crippen molar-refractivity contribution in [3.8, 4) is 11.1 Å². The van der Waals surface area contributed by atoms with Crippen molar-refractivity contribution in [3.63, 3.8) is 0 Å². The van der Waals surface area contributed by atoms with Crippen LogP contribution < -0.4 is 5.32 Å². The van der Waals surface area contributed by atoms with E-state index < -0.39 is 0 Å². The summed E-state index contributed by atoms with van der Waals surface area (Å²) in [5, 5.41) is 4.38. The van der Waals surface area contributed by atoms with E-state index in [1.165, 1.54) is 7.11 Å². The van der Waals surface area contributed by atoms with Gasteiger partial charge in [-0.2, -0.15) is 0 Å². The van der Waals surface area contributed by atoms with E-state index in [2.05, 4.69) is 15.3 Å². The molecule has 0 amide bonds. The van der Waals surface area contributed by atoms with Crippen molar-refractivity contribution in [3.05, 3.63) is 84.2 Å². The normalized spacial score (nSPS) is 10.6. The minimum Gasteiger partial charge on any atom is -0.465 e. The molecule has 0 unspecified atom stereocenters. The van der Waals surface area contributed by atoms with Crippen molar-refractivity contribution >= 4 is 28.4 Å². The molecule has 28 heavy (non-hydrogen) atoms. The number of aromatic nitrogens is 2. The maximum atomic E-state index is 12.0. The first-order valence-electron chi connectivity index (χ1n) is 8.93. The van der Waals surface area contributed by atoms with Gasteiger partial charge in [0.2, 0.25) is 0 Å². The number of rotatable bonds is 4. The Hall–Kier alpha value is -3.73. The minimum atomic E-state index is -0.375. The number of fused-ring (bicyclic) bond motifs is 1. The number of nitrogens with zero attached hydrogens (tertiary/aromatic N) is 2. The van der Waals surface area contributed by atoms with Crippen LogP contribution in [0, 0.1) is 6.92 Å². The summed E-state index contributed by atoms with van der Waals surface area (Å²) in [6, 6.07) is 21.4. The van der Waals surface area contributed by atoms with Crippen LogP contribution in [-0.4, -0.2) is 23.0 Å². The fourth-order valence-corrected chi connectivity index (χ4v) is 3.14. The molecule has 0 saturated carbocycles. The summed E-state index contributed by atoms with van der Waals surface area (Å²) in [5.41, 5.74) is 5.79. The number of benzene rings is 2. The van der Waals surface area contributed by atoms with Crippen LogP contribution in [0.4, 0.5) is 11.4 Å². The van der Waals surface area contributed by atoms with E-state index in [4.69, 9.17) is 4.74 Å². The van der Waals surface area contributed by atoms with Gasteiger partial charge in [0.1, 0.15) is 0 Å². The Bertz CT molecular complexity index is 1160. The fraction of sp³-hybridized carbons (Fsp3) is 0.0870. The highest BCUT2D eigenvalue weighted by Crippen LogP contribution is 2.33. The summed E-state index contributed by atoms with van der Waals surface area (Å²) in [4.78, 5) is 20.9. The number of carbonyl (C=O) groups excluding carboxylic acids is 1. The second-order valence-corrected chi connectivity index (χ2v) is 6.43. The monoisotopic (exact) mass is 369 g/mol. The van der Waals surface area contributed by atoms with Crippen molar-refractivity contribution < 1.29 is 9.53 Å². The van der Waals surface area contributed by atoms with Gasteiger partial charge < -0.3 is 10.1 Å². The summed E-state index contributed by atoms with van der Waals surface area (Å²) >= 11 is 0. The summed E-state index contributed by atoms with van der Waals surface area (Å²) in [6.45, 7) is 1.94. The molecule has 0 spiro atoms. The highest BCUT2D eigenvalue weighted by molar-refractivity contribution is 5.96. The molecular weight excluding hydrogens is 350 g/mol. The molecule has 2 aromatic carbocycles. The average Bonchev–Trinajstić information content (AvgIpc) is 2.73. The van der Waals surface area contributed by atoms with Crippen LogP contribution in [0.15, 0.2) is 72.9 Å². The first-order valence-corrected chi connectivity index (χ1v) is 8.93. The Morgan fingerprint density at radius 1 is 0.964 bits per heavy atom. The fourth-order valence-electron chi connectivity index (χ4n) is 3.14. The molecule has 0 atom stereocenters. The number of anilines is 2. The highest BCUT2D eigenvalue weighted by atomic mass is 16.5. The Morgan fingerprint density at radius 2 is 1.79 bits per heavy atom. The van der Waals surface area contributed by atoms with E-state index in [1.807, 2.05) is 67.6 Å². The molecule has 2 heterocycles. The number of hydrogen-bond donors (Lipinski definition) is 1. The third kappa shape index (κ3) is 3.42. The van der Waals surface area contributed by atoms with Gasteiger partial charge >= 0.3 is 5.97 Å². The second-order valence-electron chi connectivity index (χ2n) is 6.43. The van der Waals surface area contributed by atoms with Crippen LogP contribution in [-0.2, 0) is 4.74 Å². The smallest absolute Gasteiger partial charge is 0.337 e. The van der Waals surface area contributed by atoms with Gasteiger partial charge in [-0.3, -0.25) is 0 Å². The van der Waals surface area contributed by atoms with Gasteiger partial charge in [-0.25, -0.2) is 14.8 Å². The molecule has 0 radical (unpaired) electrons. The molecule has 5 nitrogen and oxygen atoms in total. The summed E-state index contributed by atoms with van der Waals surface area (Å²) in [5.74, 6) is -0.375. The zero-order chi connectivity index (χ0) is 19.5. The van der Waals surface area contributed by atoms with Gasteiger partial charge in [0.25, 0.3) is 0 Å². The van der Waals surface area contributed by atoms with Gasteiger partial charge in [-0.1, -0.05) is 36.4 Å². The third-order valence-corrected chi connectivity index (χ3v) is 4.54. The molecule has 0 aliphatic carbocycles. The Balaban J connectivity index is 1.85. The number of carbonyl (C=O) groups is 1. The van der Waals surface area contributed by atoms with Crippen LogP contribution in [0.3, 0.4) is 0 Å². The predicted molar refractivity (Wildman–Crippen MR) is 111 cm³/mol. The van der Waals surface area contributed by atoms with E-state index in [1.54, 1.807) is 12.3 Å². The molecule has 4 aromatic rings. The number of nitrogens with one attached hydrogen (secondary N) is 1. The Kier molecular flexibility index (Phi) is 4.72. The van der Waals surface area contributed by atoms with Gasteiger partial charge in [0, 0.05) is 28.5 Å². The quantitative estimate of drug-likeness (QED) is 0.505. The van der Waals surface area contributed by atoms with Gasteiger partial charge in [-0.15, -0.1) is 0 Å². The minimum absolute atomic E-state index is 0.375. The Morgan fingerprint density at radius 3 is 2.57 bits per heavy atom. The van der Waals surface area contributed by atoms with Crippen LogP contribution in [0.2, 0.25) is 0 Å². The van der Waals surface area contributed by atoms with Crippen molar-refractivity contribution in [2.45, 2.75) is 6.92 Å². The average molecular weight is 369 g/mol. The van der Waals surface area contributed by atoms with Gasteiger partial charge in [-0.05, 0) is 42.8 Å². The lowest BCUT2D eigenvalue weighted by atomic mass is 10.0. The van der Waals surface area contributed by atoms with Gasteiger partial charge in [0.15, 0.2) is 5.65 Å². The lowest BCUT2D eigenvalue weighted by Crippen LogP contribution is -2.03. The van der Waals surface area contributed by atoms with E-state index in [-0.39, 0.29) is 5.97 Å². The molecule has 5 heteroatoms. The molecular formula is C23H19N3O2. The summed E-state index contributed by atoms with van der Waals surface area (Å²) in [6.07, 6.45) is 1.73. The van der Waals surface area contributed by atoms with Crippen molar-refractivity contribution in [2.75, 3.05) is 12.4 Å². The molecule has 4 rings (SSSR count). The molecule has 1 N–H and O–H groups in total. The number of methoxy groups -OCH3 is 1. The third-order valence-electron chi connectivity index (χ3n) is 4.54. The largest absolute Gasteiger partial charge is 0.465 e. The lowest BCUT2D eigenvalue weighted by Gasteiger charge is -2.15. The number of ether oxygens (including phenoxy) is 1.